The van der Waals surface area contributed by atoms with E-state index in [2.05, 4.69) is 44.3 Å². The molecule has 3 rings (SSSR count). The fourth-order valence-corrected chi connectivity index (χ4v) is 4.12. The highest BCUT2D eigenvalue weighted by molar-refractivity contribution is 9.10. The second-order valence-electron chi connectivity index (χ2n) is 6.22. The van der Waals surface area contributed by atoms with Crippen LogP contribution in [0.2, 0.25) is 0 Å². The van der Waals surface area contributed by atoms with Crippen LogP contribution in [-0.2, 0) is 0 Å². The first-order valence-corrected chi connectivity index (χ1v) is 8.89. The summed E-state index contributed by atoms with van der Waals surface area (Å²) in [5.74, 6) is 1.78. The summed E-state index contributed by atoms with van der Waals surface area (Å²) in [6, 6.07) is 7.07. The van der Waals surface area contributed by atoms with Crippen molar-refractivity contribution < 1.29 is 4.74 Å². The van der Waals surface area contributed by atoms with Gasteiger partial charge in [0.2, 0.25) is 0 Å². The topological polar surface area (TPSA) is 24.5 Å². The molecule has 1 aliphatic heterocycles. The van der Waals surface area contributed by atoms with Crippen molar-refractivity contribution in [3.8, 4) is 5.75 Å². The molecule has 0 aromatic heterocycles. The number of hydrogen-bond acceptors (Lipinski definition) is 3. The lowest BCUT2D eigenvalue weighted by atomic mass is 9.83. The molecule has 1 aromatic rings. The molecule has 2 aliphatic rings. The summed E-state index contributed by atoms with van der Waals surface area (Å²) in [4.78, 5) is 2.50. The Morgan fingerprint density at radius 3 is 2.81 bits per heavy atom. The molecular weight excluding hydrogens is 328 g/mol. The van der Waals surface area contributed by atoms with Gasteiger partial charge in [-0.3, -0.25) is 0 Å². The summed E-state index contributed by atoms with van der Waals surface area (Å²) in [6.45, 7) is 3.28. The quantitative estimate of drug-likeness (QED) is 0.894. The maximum Gasteiger partial charge on any atom is 0.135 e. The number of nitrogens with one attached hydrogen (secondary N) is 1. The average Bonchev–Trinajstić information content (AvgIpc) is 2.56. The highest BCUT2D eigenvalue weighted by atomic mass is 79.9. The molecule has 0 radical (unpaired) electrons. The predicted molar refractivity (Wildman–Crippen MR) is 91.3 cm³/mol. The zero-order valence-corrected chi connectivity index (χ0v) is 14.4. The smallest absolute Gasteiger partial charge is 0.135 e. The van der Waals surface area contributed by atoms with Crippen molar-refractivity contribution in [2.24, 2.45) is 5.92 Å². The normalized spacial score (nSPS) is 24.1. The molecule has 1 atom stereocenters. The van der Waals surface area contributed by atoms with Crippen LogP contribution in [0.4, 0.5) is 5.69 Å². The first-order valence-electron chi connectivity index (χ1n) is 8.10. The first kappa shape index (κ1) is 15.2. The summed E-state index contributed by atoms with van der Waals surface area (Å²) in [5, 5.41) is 3.75. The molecule has 3 nitrogen and oxygen atoms in total. The highest BCUT2D eigenvalue weighted by Gasteiger charge is 2.28. The summed E-state index contributed by atoms with van der Waals surface area (Å²) in [7, 11) is 1.73. The predicted octanol–water partition coefficient (Wildman–Crippen LogP) is 3.82. The molecule has 1 heterocycles. The van der Waals surface area contributed by atoms with Gasteiger partial charge in [-0.2, -0.15) is 0 Å². The molecule has 1 saturated heterocycles. The van der Waals surface area contributed by atoms with E-state index in [-0.39, 0.29) is 0 Å². The Bertz CT molecular complexity index is 474. The zero-order chi connectivity index (χ0) is 14.7. The van der Waals surface area contributed by atoms with Crippen LogP contribution in [0.1, 0.15) is 32.1 Å². The van der Waals surface area contributed by atoms with Gasteiger partial charge in [0, 0.05) is 37.4 Å². The fraction of sp³-hybridized carbons (Fsp3) is 0.647. The van der Waals surface area contributed by atoms with Crippen LogP contribution in [0.15, 0.2) is 22.7 Å². The molecule has 2 fully saturated rings. The maximum absolute atomic E-state index is 5.43. The molecule has 0 amide bonds. The van der Waals surface area contributed by atoms with Crippen LogP contribution in [0.5, 0.6) is 5.75 Å². The van der Waals surface area contributed by atoms with Gasteiger partial charge in [-0.1, -0.05) is 19.3 Å². The lowest BCUT2D eigenvalue weighted by Crippen LogP contribution is -2.54. The summed E-state index contributed by atoms with van der Waals surface area (Å²) in [6.07, 6.45) is 7.05. The Balaban J connectivity index is 1.70. The Morgan fingerprint density at radius 2 is 2.05 bits per heavy atom. The number of benzene rings is 1. The molecular formula is C17H25BrN2O. The minimum Gasteiger partial charge on any atom is -0.495 e. The number of methoxy groups -OCH3 is 1. The molecule has 0 bridgehead atoms. The van der Waals surface area contributed by atoms with Crippen molar-refractivity contribution in [2.75, 3.05) is 31.6 Å². The van der Waals surface area contributed by atoms with Gasteiger partial charge in [0.25, 0.3) is 0 Å². The van der Waals surface area contributed by atoms with E-state index in [1.807, 2.05) is 0 Å². The number of rotatable bonds is 3. The fourth-order valence-electron chi connectivity index (χ4n) is 3.71. The lowest BCUT2D eigenvalue weighted by Gasteiger charge is -2.40. The molecule has 0 spiro atoms. The van der Waals surface area contributed by atoms with E-state index in [0.29, 0.717) is 6.04 Å². The van der Waals surface area contributed by atoms with Crippen LogP contribution in [0.25, 0.3) is 0 Å². The van der Waals surface area contributed by atoms with Crippen LogP contribution < -0.4 is 15.0 Å². The standard InChI is InChI=1S/C17H25BrN2O/c1-21-17-11-14(7-8-15(17)18)20-10-9-19-16(12-20)13-5-3-2-4-6-13/h7-8,11,13,16,19H,2-6,9-10,12H2,1H3. The van der Waals surface area contributed by atoms with E-state index < -0.39 is 0 Å². The Kier molecular flexibility index (Phi) is 5.07. The van der Waals surface area contributed by atoms with E-state index in [9.17, 15) is 0 Å². The van der Waals surface area contributed by atoms with Crippen LogP contribution in [0.3, 0.4) is 0 Å². The zero-order valence-electron chi connectivity index (χ0n) is 12.8. The summed E-state index contributed by atoms with van der Waals surface area (Å²) >= 11 is 3.53. The van der Waals surface area contributed by atoms with Crippen LogP contribution in [-0.4, -0.2) is 32.8 Å². The minimum absolute atomic E-state index is 0.647. The monoisotopic (exact) mass is 352 g/mol. The van der Waals surface area contributed by atoms with E-state index in [4.69, 9.17) is 4.74 Å². The first-order chi connectivity index (χ1) is 10.3. The minimum atomic E-state index is 0.647. The number of nitrogens with zero attached hydrogens (tertiary/aromatic N) is 1. The number of ether oxygens (including phenoxy) is 1. The van der Waals surface area contributed by atoms with Crippen LogP contribution in [0, 0.1) is 5.92 Å². The molecule has 1 saturated carbocycles. The van der Waals surface area contributed by atoms with Gasteiger partial charge in [0.15, 0.2) is 0 Å². The molecule has 1 aliphatic carbocycles. The largest absolute Gasteiger partial charge is 0.495 e. The maximum atomic E-state index is 5.43. The lowest BCUT2D eigenvalue weighted by molar-refractivity contribution is 0.257. The SMILES string of the molecule is COc1cc(N2CCNC(C3CCCCC3)C2)ccc1Br. The van der Waals surface area contributed by atoms with Gasteiger partial charge in [-0.05, 0) is 46.8 Å². The third kappa shape index (κ3) is 3.54. The van der Waals surface area contributed by atoms with E-state index in [0.717, 1.165) is 35.8 Å². The van der Waals surface area contributed by atoms with Crippen LogP contribution >= 0.6 is 15.9 Å². The second-order valence-corrected chi connectivity index (χ2v) is 7.08. The molecule has 4 heteroatoms. The van der Waals surface area contributed by atoms with Crippen molar-refractivity contribution in [2.45, 2.75) is 38.1 Å². The van der Waals surface area contributed by atoms with Gasteiger partial charge >= 0.3 is 0 Å². The number of anilines is 1. The molecule has 116 valence electrons. The van der Waals surface area contributed by atoms with Gasteiger partial charge < -0.3 is 15.0 Å². The highest BCUT2D eigenvalue weighted by Crippen LogP contribution is 2.32. The molecule has 1 aromatic carbocycles. The third-order valence-corrected chi connectivity index (χ3v) is 5.58. The Hall–Kier alpha value is -0.740. The summed E-state index contributed by atoms with van der Waals surface area (Å²) in [5.41, 5.74) is 1.28. The van der Waals surface area contributed by atoms with E-state index >= 15 is 0 Å². The Labute approximate surface area is 136 Å². The van der Waals surface area contributed by atoms with Crippen molar-refractivity contribution in [1.82, 2.24) is 5.32 Å². The third-order valence-electron chi connectivity index (χ3n) is 4.92. The van der Waals surface area contributed by atoms with Crippen molar-refractivity contribution in [3.63, 3.8) is 0 Å². The second kappa shape index (κ2) is 7.01. The van der Waals surface area contributed by atoms with Gasteiger partial charge in [0.1, 0.15) is 5.75 Å². The number of hydrogen-bond donors (Lipinski definition) is 1. The van der Waals surface area contributed by atoms with Crippen molar-refractivity contribution in [3.05, 3.63) is 22.7 Å². The molecule has 21 heavy (non-hydrogen) atoms. The van der Waals surface area contributed by atoms with E-state index in [1.54, 1.807) is 7.11 Å². The average molecular weight is 353 g/mol. The van der Waals surface area contributed by atoms with Crippen molar-refractivity contribution in [1.29, 1.82) is 0 Å². The van der Waals surface area contributed by atoms with Crippen molar-refractivity contribution >= 4 is 21.6 Å². The Morgan fingerprint density at radius 1 is 1.24 bits per heavy atom. The van der Waals surface area contributed by atoms with Gasteiger partial charge in [0.05, 0.1) is 11.6 Å². The van der Waals surface area contributed by atoms with E-state index in [1.165, 1.54) is 37.8 Å². The van der Waals surface area contributed by atoms with Gasteiger partial charge in [-0.25, -0.2) is 0 Å². The number of halogens is 1. The molecule has 1 unspecified atom stereocenters. The van der Waals surface area contributed by atoms with Gasteiger partial charge in [-0.15, -0.1) is 0 Å². The number of piperazine rings is 1. The summed E-state index contributed by atoms with van der Waals surface area (Å²) < 4.78 is 6.45. The molecule has 1 N–H and O–H groups in total.